The van der Waals surface area contributed by atoms with Crippen LogP contribution in [-0.2, 0) is 0 Å². The third-order valence-electron chi connectivity index (χ3n) is 5.95. The Labute approximate surface area is 198 Å². The lowest BCUT2D eigenvalue weighted by Crippen LogP contribution is -2.37. The normalized spacial score (nSPS) is 18.8. The Hall–Kier alpha value is -2.06. The molecule has 0 radical (unpaired) electrons. The Balaban J connectivity index is 1.57. The zero-order valence-electron chi connectivity index (χ0n) is 18.6. The van der Waals surface area contributed by atoms with E-state index in [1.807, 2.05) is 24.4 Å². The van der Waals surface area contributed by atoms with Gasteiger partial charge in [-0.2, -0.15) is 9.61 Å². The van der Waals surface area contributed by atoms with Gasteiger partial charge in [-0.05, 0) is 51.7 Å². The summed E-state index contributed by atoms with van der Waals surface area (Å²) < 4.78 is 7.09. The smallest absolute Gasteiger partial charge is 0.165 e. The van der Waals surface area contributed by atoms with Crippen molar-refractivity contribution in [3.8, 4) is 16.9 Å². The molecule has 0 atom stereocenters. The van der Waals surface area contributed by atoms with Crippen LogP contribution in [0, 0.1) is 13.8 Å². The Morgan fingerprint density at radius 3 is 2.41 bits per heavy atom. The van der Waals surface area contributed by atoms with E-state index in [-0.39, 0.29) is 6.10 Å². The average molecular weight is 478 g/mol. The highest BCUT2D eigenvalue weighted by molar-refractivity contribution is 6.39. The largest absolute Gasteiger partial charge is 0.497 e. The number of aliphatic hydroxyl groups is 1. The van der Waals surface area contributed by atoms with Crippen LogP contribution in [0.5, 0.6) is 5.75 Å². The molecule has 1 aromatic carbocycles. The molecule has 4 rings (SSSR count). The summed E-state index contributed by atoms with van der Waals surface area (Å²) in [5.74, 6) is 1.47. The summed E-state index contributed by atoms with van der Waals surface area (Å²) in [6, 6.07) is 5.95. The summed E-state index contributed by atoms with van der Waals surface area (Å²) in [6.45, 7) is 5.46. The Kier molecular flexibility index (Phi) is 7.10. The van der Waals surface area contributed by atoms with Crippen LogP contribution in [-0.4, -0.2) is 52.0 Å². The van der Waals surface area contributed by atoms with Gasteiger partial charge in [0.1, 0.15) is 11.6 Å². The van der Waals surface area contributed by atoms with Crippen LogP contribution in [0.15, 0.2) is 18.2 Å². The van der Waals surface area contributed by atoms with Crippen molar-refractivity contribution in [1.82, 2.24) is 19.9 Å². The molecule has 2 heterocycles. The van der Waals surface area contributed by atoms with Gasteiger partial charge in [-0.25, -0.2) is 4.98 Å². The topological polar surface area (TPSA) is 83.7 Å². The van der Waals surface area contributed by atoms with Crippen molar-refractivity contribution in [2.24, 2.45) is 0 Å². The summed E-state index contributed by atoms with van der Waals surface area (Å²) in [4.78, 5) is 4.74. The van der Waals surface area contributed by atoms with E-state index in [4.69, 9.17) is 38.0 Å². The van der Waals surface area contributed by atoms with Gasteiger partial charge in [0.2, 0.25) is 0 Å². The van der Waals surface area contributed by atoms with E-state index in [1.54, 1.807) is 19.2 Å². The van der Waals surface area contributed by atoms with Crippen LogP contribution in [0.2, 0.25) is 10.0 Å². The third kappa shape index (κ3) is 4.81. The number of benzene rings is 1. The molecule has 1 saturated carbocycles. The molecule has 0 unspecified atom stereocenters. The van der Waals surface area contributed by atoms with Gasteiger partial charge in [-0.3, -0.25) is 0 Å². The number of rotatable bonds is 7. The minimum absolute atomic E-state index is 0.135. The highest BCUT2D eigenvalue weighted by Crippen LogP contribution is 2.41. The van der Waals surface area contributed by atoms with Gasteiger partial charge >= 0.3 is 0 Å². The molecule has 1 aliphatic rings. The maximum absolute atomic E-state index is 9.66. The van der Waals surface area contributed by atoms with Gasteiger partial charge in [-0.1, -0.05) is 23.2 Å². The number of aromatic nitrogens is 3. The monoisotopic (exact) mass is 477 g/mol. The molecule has 0 amide bonds. The standard InChI is InChI=1S/C23H29Cl2N5O2/c1-13-10-20(27-9-8-26-15-4-6-16(31)7-5-15)30-23(28-13)21(14(2)29-30)22-18(24)11-17(32-3)12-19(22)25/h10-12,15-16,26-27,31H,4-9H2,1-3H3. The molecule has 0 spiro atoms. The lowest BCUT2D eigenvalue weighted by Gasteiger charge is -2.26. The van der Waals surface area contributed by atoms with Gasteiger partial charge in [0.15, 0.2) is 5.65 Å². The Bertz CT molecular complexity index is 1090. The van der Waals surface area contributed by atoms with Gasteiger partial charge in [0.25, 0.3) is 0 Å². The number of aryl methyl sites for hydroxylation is 2. The molecule has 2 aromatic heterocycles. The van der Waals surface area contributed by atoms with Crippen LogP contribution in [0.3, 0.4) is 0 Å². The van der Waals surface area contributed by atoms with Crippen LogP contribution in [0.25, 0.3) is 16.8 Å². The highest BCUT2D eigenvalue weighted by atomic mass is 35.5. The molecule has 0 saturated heterocycles. The van der Waals surface area contributed by atoms with E-state index in [0.29, 0.717) is 33.0 Å². The lowest BCUT2D eigenvalue weighted by atomic mass is 9.93. The third-order valence-corrected chi connectivity index (χ3v) is 6.55. The number of hydrogen-bond acceptors (Lipinski definition) is 6. The number of aliphatic hydroxyl groups excluding tert-OH is 1. The van der Waals surface area contributed by atoms with Crippen LogP contribution in [0.4, 0.5) is 5.82 Å². The lowest BCUT2D eigenvalue weighted by molar-refractivity contribution is 0.117. The van der Waals surface area contributed by atoms with Crippen LogP contribution >= 0.6 is 23.2 Å². The SMILES string of the molecule is COc1cc(Cl)c(-c2c(C)nn3c(NCCNC4CCC(O)CC4)cc(C)nc23)c(Cl)c1. The van der Waals surface area contributed by atoms with E-state index in [2.05, 4.69) is 10.6 Å². The van der Waals surface area contributed by atoms with E-state index < -0.39 is 0 Å². The number of nitrogens with zero attached hydrogens (tertiary/aromatic N) is 3. The quantitative estimate of drug-likeness (QED) is 0.430. The second-order valence-corrected chi connectivity index (χ2v) is 9.15. The van der Waals surface area contributed by atoms with Crippen molar-refractivity contribution in [3.05, 3.63) is 39.6 Å². The first kappa shape index (κ1) is 23.1. The predicted molar refractivity (Wildman–Crippen MR) is 129 cm³/mol. The fourth-order valence-corrected chi connectivity index (χ4v) is 4.97. The van der Waals surface area contributed by atoms with E-state index in [1.165, 1.54) is 0 Å². The van der Waals surface area contributed by atoms with Crippen LogP contribution in [0.1, 0.15) is 37.1 Å². The van der Waals surface area contributed by atoms with Crippen LogP contribution < -0.4 is 15.4 Å². The van der Waals surface area contributed by atoms with Crippen molar-refractivity contribution >= 4 is 34.7 Å². The Morgan fingerprint density at radius 1 is 1.06 bits per heavy atom. The molecule has 1 fully saturated rings. The first-order chi connectivity index (χ1) is 15.4. The fourth-order valence-electron chi connectivity index (χ4n) is 4.32. The number of ether oxygens (including phenoxy) is 1. The maximum Gasteiger partial charge on any atom is 0.165 e. The van der Waals surface area contributed by atoms with Crippen molar-refractivity contribution < 1.29 is 9.84 Å². The minimum atomic E-state index is -0.135. The number of hydrogen-bond donors (Lipinski definition) is 3. The summed E-state index contributed by atoms with van der Waals surface area (Å²) in [6.07, 6.45) is 3.65. The molecule has 7 nitrogen and oxygen atoms in total. The maximum atomic E-state index is 9.66. The summed E-state index contributed by atoms with van der Waals surface area (Å²) in [5, 5.41) is 22.4. The molecule has 3 aromatic rings. The van der Waals surface area contributed by atoms with Crippen molar-refractivity contribution in [2.75, 3.05) is 25.5 Å². The average Bonchev–Trinajstić information content (AvgIpc) is 3.07. The van der Waals surface area contributed by atoms with Gasteiger partial charge in [0, 0.05) is 36.5 Å². The minimum Gasteiger partial charge on any atom is -0.497 e. The summed E-state index contributed by atoms with van der Waals surface area (Å²) in [7, 11) is 1.58. The number of fused-ring (bicyclic) bond motifs is 1. The first-order valence-corrected chi connectivity index (χ1v) is 11.7. The summed E-state index contributed by atoms with van der Waals surface area (Å²) in [5.41, 5.74) is 3.88. The van der Waals surface area contributed by atoms with Crippen molar-refractivity contribution in [1.29, 1.82) is 0 Å². The molecule has 32 heavy (non-hydrogen) atoms. The van der Waals surface area contributed by atoms with Gasteiger partial charge < -0.3 is 20.5 Å². The van der Waals surface area contributed by atoms with Gasteiger partial charge in [0.05, 0.1) is 34.5 Å². The van der Waals surface area contributed by atoms with E-state index >= 15 is 0 Å². The molecule has 0 bridgehead atoms. The number of methoxy groups -OCH3 is 1. The van der Waals surface area contributed by atoms with Crippen molar-refractivity contribution in [3.63, 3.8) is 0 Å². The zero-order chi connectivity index (χ0) is 22.8. The summed E-state index contributed by atoms with van der Waals surface area (Å²) >= 11 is 13.1. The molecule has 0 aliphatic heterocycles. The molecule has 172 valence electrons. The van der Waals surface area contributed by atoms with E-state index in [0.717, 1.165) is 61.5 Å². The fraction of sp³-hybridized carbons (Fsp3) is 0.478. The number of halogens is 2. The van der Waals surface area contributed by atoms with Gasteiger partial charge in [-0.15, -0.1) is 0 Å². The zero-order valence-corrected chi connectivity index (χ0v) is 20.1. The molecule has 3 N–H and O–H groups in total. The van der Waals surface area contributed by atoms with Crippen molar-refractivity contribution in [2.45, 2.75) is 51.7 Å². The Morgan fingerprint density at radius 2 is 1.75 bits per heavy atom. The highest BCUT2D eigenvalue weighted by Gasteiger charge is 2.22. The molecular weight excluding hydrogens is 449 g/mol. The molecular formula is C23H29Cl2N5O2. The number of nitrogens with one attached hydrogen (secondary N) is 2. The second-order valence-electron chi connectivity index (χ2n) is 8.33. The molecule has 9 heteroatoms. The first-order valence-electron chi connectivity index (χ1n) is 10.9. The number of anilines is 1. The van der Waals surface area contributed by atoms with E-state index in [9.17, 15) is 5.11 Å². The predicted octanol–water partition coefficient (Wildman–Crippen LogP) is 4.63. The second kappa shape index (κ2) is 9.83. The molecule has 1 aliphatic carbocycles.